The molecule has 1 atom stereocenters. The van der Waals surface area contributed by atoms with E-state index in [0.29, 0.717) is 16.6 Å². The highest BCUT2D eigenvalue weighted by Crippen LogP contribution is 2.22. The number of hydrogen-bond acceptors (Lipinski definition) is 6. The van der Waals surface area contributed by atoms with Gasteiger partial charge in [0.05, 0.1) is 31.2 Å². The van der Waals surface area contributed by atoms with Crippen molar-refractivity contribution >= 4 is 11.6 Å². The Labute approximate surface area is 131 Å². The molecule has 1 unspecified atom stereocenters. The molecular weight excluding hydrogens is 304 g/mol. The number of nitrogens with zero attached hydrogens (tertiary/aromatic N) is 6. The lowest BCUT2D eigenvalue weighted by atomic mass is 10.2. The highest BCUT2D eigenvalue weighted by molar-refractivity contribution is 6.29. The first kappa shape index (κ1) is 14.4. The van der Waals surface area contributed by atoms with Crippen LogP contribution in [0.3, 0.4) is 0 Å². The number of rotatable bonds is 4. The maximum Gasteiger partial charge on any atom is 0.151 e. The van der Waals surface area contributed by atoms with Crippen molar-refractivity contribution in [1.82, 2.24) is 30.2 Å². The molecule has 7 nitrogen and oxygen atoms in total. The summed E-state index contributed by atoms with van der Waals surface area (Å²) in [7, 11) is 1.60. The smallest absolute Gasteiger partial charge is 0.151 e. The van der Waals surface area contributed by atoms with Crippen molar-refractivity contribution in [3.8, 4) is 17.0 Å². The predicted molar refractivity (Wildman–Crippen MR) is 80.7 cm³/mol. The molecule has 0 fully saturated rings. The SMILES string of the molecule is COc1cncc(-c2cn(C(C)c3ccc(Cl)nn3)nn2)c1. The molecule has 0 radical (unpaired) electrons. The minimum atomic E-state index is -0.107. The van der Waals surface area contributed by atoms with E-state index in [1.165, 1.54) is 0 Å². The van der Waals surface area contributed by atoms with Gasteiger partial charge in [0.25, 0.3) is 0 Å². The van der Waals surface area contributed by atoms with E-state index in [1.807, 2.05) is 25.3 Å². The fourth-order valence-electron chi connectivity index (χ4n) is 1.95. The molecule has 0 aliphatic heterocycles. The van der Waals surface area contributed by atoms with E-state index < -0.39 is 0 Å². The number of hydrogen-bond donors (Lipinski definition) is 0. The van der Waals surface area contributed by atoms with Gasteiger partial charge in [-0.1, -0.05) is 16.8 Å². The van der Waals surface area contributed by atoms with Gasteiger partial charge in [0, 0.05) is 11.8 Å². The summed E-state index contributed by atoms with van der Waals surface area (Å²) in [5.41, 5.74) is 2.30. The lowest BCUT2D eigenvalue weighted by molar-refractivity contribution is 0.413. The van der Waals surface area contributed by atoms with Crippen molar-refractivity contribution in [3.63, 3.8) is 0 Å². The number of methoxy groups -OCH3 is 1. The second-order valence-corrected chi connectivity index (χ2v) is 5.04. The quantitative estimate of drug-likeness (QED) is 0.735. The van der Waals surface area contributed by atoms with Gasteiger partial charge in [-0.15, -0.1) is 10.2 Å². The summed E-state index contributed by atoms with van der Waals surface area (Å²) in [4.78, 5) is 4.11. The Morgan fingerprint density at radius 3 is 2.77 bits per heavy atom. The molecule has 0 saturated heterocycles. The van der Waals surface area contributed by atoms with E-state index in [0.717, 1.165) is 11.3 Å². The highest BCUT2D eigenvalue weighted by atomic mass is 35.5. The maximum atomic E-state index is 5.75. The number of aromatic nitrogens is 6. The Hall–Kier alpha value is -2.54. The molecule has 112 valence electrons. The van der Waals surface area contributed by atoms with Crippen LogP contribution in [0.5, 0.6) is 5.75 Å². The zero-order chi connectivity index (χ0) is 15.5. The molecule has 0 aromatic carbocycles. The zero-order valence-corrected chi connectivity index (χ0v) is 12.8. The Morgan fingerprint density at radius 1 is 1.18 bits per heavy atom. The summed E-state index contributed by atoms with van der Waals surface area (Å²) < 4.78 is 6.88. The van der Waals surface area contributed by atoms with Gasteiger partial charge >= 0.3 is 0 Å². The van der Waals surface area contributed by atoms with Crippen molar-refractivity contribution in [2.75, 3.05) is 7.11 Å². The van der Waals surface area contributed by atoms with Crippen LogP contribution in [0.1, 0.15) is 18.7 Å². The molecule has 0 N–H and O–H groups in total. The summed E-state index contributed by atoms with van der Waals surface area (Å²) in [6, 6.07) is 5.26. The normalized spacial score (nSPS) is 12.1. The van der Waals surface area contributed by atoms with Crippen LogP contribution >= 0.6 is 11.6 Å². The highest BCUT2D eigenvalue weighted by Gasteiger charge is 2.13. The van der Waals surface area contributed by atoms with Gasteiger partial charge in [0.2, 0.25) is 0 Å². The van der Waals surface area contributed by atoms with E-state index >= 15 is 0 Å². The van der Waals surface area contributed by atoms with Gasteiger partial charge in [-0.3, -0.25) is 4.98 Å². The summed E-state index contributed by atoms with van der Waals surface area (Å²) in [5, 5.41) is 16.6. The third-order valence-corrected chi connectivity index (χ3v) is 3.43. The number of ether oxygens (including phenoxy) is 1. The third kappa shape index (κ3) is 2.89. The molecular formula is C14H13ClN6O. The van der Waals surface area contributed by atoms with E-state index in [4.69, 9.17) is 16.3 Å². The van der Waals surface area contributed by atoms with E-state index in [-0.39, 0.29) is 6.04 Å². The minimum Gasteiger partial charge on any atom is -0.495 e. The molecule has 3 heterocycles. The fourth-order valence-corrected chi connectivity index (χ4v) is 2.05. The van der Waals surface area contributed by atoms with Gasteiger partial charge in [-0.2, -0.15) is 5.10 Å². The number of pyridine rings is 1. The lowest BCUT2D eigenvalue weighted by Gasteiger charge is -2.09. The molecule has 0 bridgehead atoms. The molecule has 0 aliphatic carbocycles. The summed E-state index contributed by atoms with van der Waals surface area (Å²) in [6.45, 7) is 1.96. The molecule has 3 aromatic rings. The first-order valence-electron chi connectivity index (χ1n) is 6.58. The Balaban J connectivity index is 1.88. The number of halogens is 1. The molecule has 0 saturated carbocycles. The van der Waals surface area contributed by atoms with Gasteiger partial charge in [-0.05, 0) is 25.1 Å². The predicted octanol–water partition coefficient (Wildman–Crippen LogP) is 2.40. The van der Waals surface area contributed by atoms with Crippen LogP contribution in [0.2, 0.25) is 5.15 Å². The first-order valence-corrected chi connectivity index (χ1v) is 6.95. The van der Waals surface area contributed by atoms with Crippen LogP contribution in [0.15, 0.2) is 36.8 Å². The van der Waals surface area contributed by atoms with Crippen molar-refractivity contribution in [1.29, 1.82) is 0 Å². The van der Waals surface area contributed by atoms with Gasteiger partial charge in [0.15, 0.2) is 5.15 Å². The standard InChI is InChI=1S/C14H13ClN6O/c1-9(12-3-4-14(15)19-17-12)21-8-13(18-20-21)10-5-11(22-2)7-16-6-10/h3-9H,1-2H3. The second-order valence-electron chi connectivity index (χ2n) is 4.65. The summed E-state index contributed by atoms with van der Waals surface area (Å²) in [6.07, 6.45) is 5.18. The van der Waals surface area contributed by atoms with Crippen LogP contribution in [0, 0.1) is 0 Å². The van der Waals surface area contributed by atoms with Crippen LogP contribution < -0.4 is 4.74 Å². The van der Waals surface area contributed by atoms with Gasteiger partial charge in [0.1, 0.15) is 11.4 Å². The van der Waals surface area contributed by atoms with Crippen LogP contribution in [0.4, 0.5) is 0 Å². The van der Waals surface area contributed by atoms with Gasteiger partial charge in [-0.25, -0.2) is 4.68 Å². The Bertz CT molecular complexity index is 773. The van der Waals surface area contributed by atoms with Crippen molar-refractivity contribution in [2.45, 2.75) is 13.0 Å². The largest absolute Gasteiger partial charge is 0.495 e. The first-order chi connectivity index (χ1) is 10.7. The molecule has 0 aliphatic rings. The van der Waals surface area contributed by atoms with Gasteiger partial charge < -0.3 is 4.74 Å². The molecule has 22 heavy (non-hydrogen) atoms. The topological polar surface area (TPSA) is 78.6 Å². The Kier molecular flexibility index (Phi) is 3.97. The minimum absolute atomic E-state index is 0.107. The van der Waals surface area contributed by atoms with E-state index in [1.54, 1.807) is 30.3 Å². The Morgan fingerprint density at radius 2 is 2.05 bits per heavy atom. The van der Waals surface area contributed by atoms with Crippen LogP contribution in [-0.2, 0) is 0 Å². The average Bonchev–Trinajstić information content (AvgIpc) is 3.05. The van der Waals surface area contributed by atoms with Crippen molar-refractivity contribution in [2.24, 2.45) is 0 Å². The van der Waals surface area contributed by atoms with Crippen LogP contribution in [0.25, 0.3) is 11.3 Å². The van der Waals surface area contributed by atoms with Crippen LogP contribution in [-0.4, -0.2) is 37.3 Å². The monoisotopic (exact) mass is 316 g/mol. The van der Waals surface area contributed by atoms with E-state index in [9.17, 15) is 0 Å². The third-order valence-electron chi connectivity index (χ3n) is 3.23. The van der Waals surface area contributed by atoms with E-state index in [2.05, 4.69) is 25.5 Å². The second kappa shape index (κ2) is 6.07. The van der Waals surface area contributed by atoms with Crippen molar-refractivity contribution < 1.29 is 4.74 Å². The summed E-state index contributed by atoms with van der Waals surface area (Å²) in [5.74, 6) is 0.670. The molecule has 8 heteroatoms. The molecule has 0 amide bonds. The molecule has 3 aromatic heterocycles. The summed E-state index contributed by atoms with van der Waals surface area (Å²) >= 11 is 5.75. The fraction of sp³-hybridized carbons (Fsp3) is 0.214. The van der Waals surface area contributed by atoms with Crippen molar-refractivity contribution in [3.05, 3.63) is 47.6 Å². The molecule has 0 spiro atoms. The maximum absolute atomic E-state index is 5.75. The lowest BCUT2D eigenvalue weighted by Crippen LogP contribution is -2.09. The average molecular weight is 317 g/mol. The molecule has 3 rings (SSSR count). The zero-order valence-electron chi connectivity index (χ0n) is 12.0.